The molecule has 130 valence electrons. The van der Waals surface area contributed by atoms with Crippen molar-refractivity contribution >= 4 is 29.9 Å². The summed E-state index contributed by atoms with van der Waals surface area (Å²) in [6.45, 7) is 6.46. The number of hydrogen-bond donors (Lipinski definition) is 2. The van der Waals surface area contributed by atoms with Crippen LogP contribution in [0, 0.1) is 0 Å². The molecule has 0 saturated heterocycles. The number of aliphatic imine (C=N–C) groups is 1. The highest BCUT2D eigenvalue weighted by atomic mass is 127. The van der Waals surface area contributed by atoms with Gasteiger partial charge in [0.1, 0.15) is 11.9 Å². The van der Waals surface area contributed by atoms with E-state index in [1.165, 1.54) is 5.56 Å². The van der Waals surface area contributed by atoms with E-state index >= 15 is 0 Å². The summed E-state index contributed by atoms with van der Waals surface area (Å²) >= 11 is 0. The number of halogens is 1. The molecule has 0 spiro atoms. The zero-order chi connectivity index (χ0) is 15.8. The fourth-order valence-electron chi connectivity index (χ4n) is 2.40. The molecule has 0 amide bonds. The first-order valence-corrected chi connectivity index (χ1v) is 7.99. The van der Waals surface area contributed by atoms with Crippen LogP contribution in [0.3, 0.4) is 0 Å². The van der Waals surface area contributed by atoms with Gasteiger partial charge in [-0.15, -0.1) is 24.0 Å². The van der Waals surface area contributed by atoms with Gasteiger partial charge in [0.2, 0.25) is 0 Å². The molecule has 1 atom stereocenters. The summed E-state index contributed by atoms with van der Waals surface area (Å²) in [7, 11) is 1.78. The Balaban J connectivity index is 0.00000264. The van der Waals surface area contributed by atoms with Gasteiger partial charge in [0.15, 0.2) is 5.96 Å². The van der Waals surface area contributed by atoms with E-state index in [1.54, 1.807) is 7.05 Å². The van der Waals surface area contributed by atoms with Crippen LogP contribution in [0.15, 0.2) is 29.3 Å². The average molecular weight is 433 g/mol. The molecule has 1 aliphatic rings. The number of benzene rings is 1. The normalized spacial score (nSPS) is 16.5. The molecule has 1 aromatic carbocycles. The van der Waals surface area contributed by atoms with E-state index in [-0.39, 0.29) is 30.1 Å². The third-order valence-electron chi connectivity index (χ3n) is 3.50. The molecule has 2 N–H and O–H groups in total. The second-order valence-electron chi connectivity index (χ2n) is 5.70. The van der Waals surface area contributed by atoms with Gasteiger partial charge in [0.25, 0.3) is 0 Å². The number of nitrogens with one attached hydrogen (secondary N) is 2. The Morgan fingerprint density at radius 3 is 2.83 bits per heavy atom. The first-order chi connectivity index (χ1) is 10.7. The van der Waals surface area contributed by atoms with Crippen LogP contribution in [0.25, 0.3) is 0 Å². The van der Waals surface area contributed by atoms with Crippen molar-refractivity contribution in [2.45, 2.75) is 38.9 Å². The van der Waals surface area contributed by atoms with Crippen molar-refractivity contribution in [1.82, 2.24) is 10.6 Å². The van der Waals surface area contributed by atoms with Crippen molar-refractivity contribution < 1.29 is 9.47 Å². The highest BCUT2D eigenvalue weighted by molar-refractivity contribution is 14.0. The molecule has 5 nitrogen and oxygen atoms in total. The molecule has 6 heteroatoms. The quantitative estimate of drug-likeness (QED) is 0.301. The summed E-state index contributed by atoms with van der Waals surface area (Å²) in [5, 5.41) is 6.61. The highest BCUT2D eigenvalue weighted by Crippen LogP contribution is 2.27. The summed E-state index contributed by atoms with van der Waals surface area (Å²) in [4.78, 5) is 4.23. The van der Waals surface area contributed by atoms with Gasteiger partial charge in [-0.25, -0.2) is 0 Å². The monoisotopic (exact) mass is 433 g/mol. The third-order valence-corrected chi connectivity index (χ3v) is 3.50. The lowest BCUT2D eigenvalue weighted by Gasteiger charge is -2.15. The molecule has 1 aliphatic heterocycles. The van der Waals surface area contributed by atoms with Crippen molar-refractivity contribution in [3.05, 3.63) is 29.8 Å². The van der Waals surface area contributed by atoms with Crippen LogP contribution in [0.1, 0.15) is 25.8 Å². The molecular weight excluding hydrogens is 405 g/mol. The molecular formula is C17H28IN3O2. The number of hydrogen-bond acceptors (Lipinski definition) is 3. The Kier molecular flexibility index (Phi) is 9.31. The maximum atomic E-state index is 5.91. The van der Waals surface area contributed by atoms with Crippen molar-refractivity contribution in [2.24, 2.45) is 4.99 Å². The number of ether oxygens (including phenoxy) is 2. The Hall–Kier alpha value is -1.02. The van der Waals surface area contributed by atoms with Gasteiger partial charge in [-0.1, -0.05) is 18.2 Å². The zero-order valence-electron chi connectivity index (χ0n) is 14.2. The van der Waals surface area contributed by atoms with E-state index in [9.17, 15) is 0 Å². The lowest BCUT2D eigenvalue weighted by atomic mass is 10.1. The van der Waals surface area contributed by atoms with Crippen molar-refractivity contribution in [1.29, 1.82) is 0 Å². The molecule has 0 saturated carbocycles. The summed E-state index contributed by atoms with van der Waals surface area (Å²) in [6.07, 6.45) is 2.37. The molecule has 0 aliphatic carbocycles. The van der Waals surface area contributed by atoms with Gasteiger partial charge in [0, 0.05) is 26.6 Å². The van der Waals surface area contributed by atoms with E-state index in [2.05, 4.69) is 27.8 Å². The topological polar surface area (TPSA) is 54.9 Å². The Bertz CT molecular complexity index is 469. The molecule has 23 heavy (non-hydrogen) atoms. The van der Waals surface area contributed by atoms with E-state index in [4.69, 9.17) is 9.47 Å². The maximum absolute atomic E-state index is 5.91. The molecule has 0 radical (unpaired) electrons. The molecule has 1 unspecified atom stereocenters. The molecule has 2 rings (SSSR count). The maximum Gasteiger partial charge on any atom is 0.191 e. The molecule has 0 fully saturated rings. The van der Waals surface area contributed by atoms with Crippen LogP contribution >= 0.6 is 24.0 Å². The zero-order valence-corrected chi connectivity index (χ0v) is 16.5. The van der Waals surface area contributed by atoms with Crippen molar-refractivity contribution in [2.75, 3.05) is 26.7 Å². The van der Waals surface area contributed by atoms with Gasteiger partial charge in [-0.3, -0.25) is 4.99 Å². The number of para-hydroxylation sites is 1. The lowest BCUT2D eigenvalue weighted by molar-refractivity contribution is 0.0776. The molecule has 1 aromatic rings. The minimum atomic E-state index is 0. The van der Waals surface area contributed by atoms with Gasteiger partial charge in [0.05, 0.1) is 12.6 Å². The van der Waals surface area contributed by atoms with E-state index < -0.39 is 0 Å². The van der Waals surface area contributed by atoms with Crippen LogP contribution in [-0.2, 0) is 11.2 Å². The fraction of sp³-hybridized carbons (Fsp3) is 0.588. The Labute approximate surface area is 156 Å². The summed E-state index contributed by atoms with van der Waals surface area (Å²) < 4.78 is 11.4. The summed E-state index contributed by atoms with van der Waals surface area (Å²) in [5.41, 5.74) is 1.28. The molecule has 1 heterocycles. The van der Waals surface area contributed by atoms with Gasteiger partial charge < -0.3 is 20.1 Å². The summed E-state index contributed by atoms with van der Waals surface area (Å²) in [5.74, 6) is 1.81. The first kappa shape index (κ1) is 20.0. The molecule has 0 bridgehead atoms. The Morgan fingerprint density at radius 2 is 2.13 bits per heavy atom. The van der Waals surface area contributed by atoms with Crippen LogP contribution < -0.4 is 15.4 Å². The number of fused-ring (bicyclic) bond motifs is 1. The number of guanidine groups is 1. The summed E-state index contributed by atoms with van der Waals surface area (Å²) in [6, 6.07) is 8.21. The predicted octanol–water partition coefficient (Wildman–Crippen LogP) is 2.59. The van der Waals surface area contributed by atoms with Crippen molar-refractivity contribution in [3.63, 3.8) is 0 Å². The Morgan fingerprint density at radius 1 is 1.35 bits per heavy atom. The van der Waals surface area contributed by atoms with Gasteiger partial charge in [-0.05, 0) is 31.9 Å². The smallest absolute Gasteiger partial charge is 0.191 e. The predicted molar refractivity (Wildman–Crippen MR) is 105 cm³/mol. The van der Waals surface area contributed by atoms with E-state index in [0.29, 0.717) is 6.10 Å². The lowest BCUT2D eigenvalue weighted by Crippen LogP contribution is -2.42. The average Bonchev–Trinajstić information content (AvgIpc) is 2.92. The second kappa shape index (κ2) is 10.7. The van der Waals surface area contributed by atoms with Gasteiger partial charge in [-0.2, -0.15) is 0 Å². The minimum Gasteiger partial charge on any atom is -0.488 e. The van der Waals surface area contributed by atoms with Crippen LogP contribution in [0.5, 0.6) is 5.75 Å². The second-order valence-corrected chi connectivity index (χ2v) is 5.70. The van der Waals surface area contributed by atoms with Gasteiger partial charge >= 0.3 is 0 Å². The number of rotatable bonds is 7. The fourth-order valence-corrected chi connectivity index (χ4v) is 2.40. The molecule has 0 aromatic heterocycles. The van der Waals surface area contributed by atoms with Crippen LogP contribution in [0.4, 0.5) is 0 Å². The van der Waals surface area contributed by atoms with E-state index in [0.717, 1.165) is 44.2 Å². The third kappa shape index (κ3) is 6.95. The van der Waals surface area contributed by atoms with Crippen LogP contribution in [0.2, 0.25) is 0 Å². The van der Waals surface area contributed by atoms with Crippen LogP contribution in [-0.4, -0.2) is 44.9 Å². The number of nitrogens with zero attached hydrogens (tertiary/aromatic N) is 1. The first-order valence-electron chi connectivity index (χ1n) is 7.99. The van der Waals surface area contributed by atoms with Crippen molar-refractivity contribution in [3.8, 4) is 5.75 Å². The standard InChI is InChI=1S/C17H27N3O2.HI/c1-13(2)21-10-6-9-19-17(18-3)20-12-15-11-14-7-4-5-8-16(14)22-15;/h4-5,7-8,13,15H,6,9-12H2,1-3H3,(H2,18,19,20);1H. The minimum absolute atomic E-state index is 0. The SMILES string of the molecule is CN=C(NCCCOC(C)C)NCC1Cc2ccccc2O1.I. The highest BCUT2D eigenvalue weighted by Gasteiger charge is 2.22. The van der Waals surface area contributed by atoms with E-state index in [1.807, 2.05) is 26.0 Å². The largest absolute Gasteiger partial charge is 0.488 e.